The molecule has 4 nitrogen and oxygen atoms in total. The summed E-state index contributed by atoms with van der Waals surface area (Å²) in [4.78, 5) is 13.7. The van der Waals surface area contributed by atoms with Gasteiger partial charge in [-0.1, -0.05) is 6.92 Å². The Balaban J connectivity index is 1.91. The van der Waals surface area contributed by atoms with Crippen molar-refractivity contribution in [3.8, 4) is 6.07 Å². The molecule has 0 fully saturated rings. The number of hydrogen-bond acceptors (Lipinski definition) is 4. The van der Waals surface area contributed by atoms with Gasteiger partial charge in [-0.25, -0.2) is 0 Å². The zero-order valence-electron chi connectivity index (χ0n) is 12.9. The van der Waals surface area contributed by atoms with Gasteiger partial charge in [-0.15, -0.1) is 11.3 Å². The maximum absolute atomic E-state index is 12.4. The number of furan rings is 1. The van der Waals surface area contributed by atoms with E-state index in [-0.39, 0.29) is 5.91 Å². The monoisotopic (exact) mass is 314 g/mol. The highest BCUT2D eigenvalue weighted by Crippen LogP contribution is 2.39. The number of thiophene rings is 1. The van der Waals surface area contributed by atoms with Crippen LogP contribution in [0.15, 0.2) is 10.5 Å². The molecule has 2 aromatic heterocycles. The van der Waals surface area contributed by atoms with E-state index < -0.39 is 0 Å². The minimum absolute atomic E-state index is 0.211. The van der Waals surface area contributed by atoms with Gasteiger partial charge in [0, 0.05) is 4.88 Å². The van der Waals surface area contributed by atoms with Crippen molar-refractivity contribution >= 4 is 22.2 Å². The van der Waals surface area contributed by atoms with Crippen molar-refractivity contribution in [1.82, 2.24) is 0 Å². The summed E-state index contributed by atoms with van der Waals surface area (Å²) >= 11 is 1.54. The summed E-state index contributed by atoms with van der Waals surface area (Å²) in [6, 6.07) is 4.00. The number of anilines is 1. The topological polar surface area (TPSA) is 66.0 Å². The van der Waals surface area contributed by atoms with E-state index in [4.69, 9.17) is 4.42 Å². The Labute approximate surface area is 133 Å². The van der Waals surface area contributed by atoms with E-state index in [9.17, 15) is 10.1 Å². The van der Waals surface area contributed by atoms with Crippen LogP contribution < -0.4 is 5.32 Å². The Hall–Kier alpha value is -2.06. The Morgan fingerprint density at radius 1 is 1.50 bits per heavy atom. The number of fused-ring (bicyclic) bond motifs is 1. The van der Waals surface area contributed by atoms with Crippen LogP contribution in [-0.2, 0) is 12.8 Å². The summed E-state index contributed by atoms with van der Waals surface area (Å²) in [6.07, 6.45) is 3.02. The van der Waals surface area contributed by atoms with Gasteiger partial charge in [-0.2, -0.15) is 5.26 Å². The molecule has 0 bridgehead atoms. The van der Waals surface area contributed by atoms with Crippen molar-refractivity contribution < 1.29 is 9.21 Å². The molecule has 0 saturated heterocycles. The van der Waals surface area contributed by atoms with Gasteiger partial charge in [-0.05, 0) is 50.7 Å². The molecule has 1 aliphatic carbocycles. The average Bonchev–Trinajstić information content (AvgIpc) is 2.97. The van der Waals surface area contributed by atoms with Crippen molar-refractivity contribution in [2.45, 2.75) is 40.0 Å². The third kappa shape index (κ3) is 2.55. The van der Waals surface area contributed by atoms with E-state index in [2.05, 4.69) is 18.3 Å². The Morgan fingerprint density at radius 2 is 2.27 bits per heavy atom. The number of nitrogens with zero attached hydrogens (tertiary/aromatic N) is 1. The van der Waals surface area contributed by atoms with Crippen LogP contribution in [0.2, 0.25) is 0 Å². The van der Waals surface area contributed by atoms with Gasteiger partial charge in [0.2, 0.25) is 0 Å². The van der Waals surface area contributed by atoms with Gasteiger partial charge in [-0.3, -0.25) is 4.79 Å². The van der Waals surface area contributed by atoms with Gasteiger partial charge in [0.15, 0.2) is 0 Å². The fourth-order valence-electron chi connectivity index (χ4n) is 2.98. The number of nitrogens with one attached hydrogen (secondary N) is 1. The molecular formula is C17H18N2O2S. The second-order valence-corrected chi connectivity index (χ2v) is 7.05. The van der Waals surface area contributed by atoms with E-state index in [1.54, 1.807) is 24.3 Å². The number of amides is 1. The molecule has 2 heterocycles. The fourth-order valence-corrected chi connectivity index (χ4v) is 4.34. The predicted molar refractivity (Wildman–Crippen MR) is 86.4 cm³/mol. The van der Waals surface area contributed by atoms with Crippen LogP contribution in [0, 0.1) is 31.1 Å². The standard InChI is InChI=1S/C17H18N2O2S/c1-9-4-5-12-14(8-18)17(22-15(12)6-9)19-16(20)13-7-10(2)21-11(13)3/h7,9H,4-6H2,1-3H3,(H,19,20)/t9-/m0/s1. The van der Waals surface area contributed by atoms with E-state index >= 15 is 0 Å². The SMILES string of the molecule is Cc1cc(C(=O)Nc2sc3c(c2C#N)CC[C@H](C)C3)c(C)o1. The van der Waals surface area contributed by atoms with Crippen molar-refractivity contribution in [2.75, 3.05) is 5.32 Å². The second-order valence-electron chi connectivity index (χ2n) is 5.95. The average molecular weight is 314 g/mol. The first-order chi connectivity index (χ1) is 10.5. The van der Waals surface area contributed by atoms with Gasteiger partial charge in [0.05, 0.1) is 11.1 Å². The summed E-state index contributed by atoms with van der Waals surface area (Å²) in [5.74, 6) is 1.74. The molecule has 0 spiro atoms. The Kier molecular flexibility index (Phi) is 3.79. The Bertz CT molecular complexity index is 779. The van der Waals surface area contributed by atoms with Crippen LogP contribution in [0.5, 0.6) is 0 Å². The molecule has 0 saturated carbocycles. The summed E-state index contributed by atoms with van der Waals surface area (Å²) in [6.45, 7) is 5.81. The van der Waals surface area contributed by atoms with E-state index in [1.807, 2.05) is 6.92 Å². The molecule has 1 N–H and O–H groups in total. The number of rotatable bonds is 2. The molecule has 3 rings (SSSR count). The zero-order chi connectivity index (χ0) is 15.9. The number of carbonyl (C=O) groups excluding carboxylic acids is 1. The van der Waals surface area contributed by atoms with Gasteiger partial charge in [0.1, 0.15) is 22.6 Å². The maximum Gasteiger partial charge on any atom is 0.259 e. The molecule has 1 amide bonds. The third-order valence-corrected chi connectivity index (χ3v) is 5.31. The number of hydrogen-bond donors (Lipinski definition) is 1. The van der Waals surface area contributed by atoms with Crippen molar-refractivity contribution in [1.29, 1.82) is 5.26 Å². The zero-order valence-corrected chi connectivity index (χ0v) is 13.8. The molecule has 5 heteroatoms. The molecule has 0 unspecified atom stereocenters. The molecule has 1 aliphatic rings. The molecule has 22 heavy (non-hydrogen) atoms. The van der Waals surface area contributed by atoms with Gasteiger partial charge < -0.3 is 9.73 Å². The van der Waals surface area contributed by atoms with Crippen LogP contribution in [0.3, 0.4) is 0 Å². The Morgan fingerprint density at radius 3 is 2.91 bits per heavy atom. The third-order valence-electron chi connectivity index (χ3n) is 4.14. The quantitative estimate of drug-likeness (QED) is 0.903. The highest BCUT2D eigenvalue weighted by molar-refractivity contribution is 7.16. The molecule has 0 aliphatic heterocycles. The lowest BCUT2D eigenvalue weighted by Crippen LogP contribution is -2.12. The van der Waals surface area contributed by atoms with Crippen LogP contribution in [0.4, 0.5) is 5.00 Å². The summed E-state index contributed by atoms with van der Waals surface area (Å²) < 4.78 is 5.40. The molecule has 1 atom stereocenters. The predicted octanol–water partition coefficient (Wildman–Crippen LogP) is 4.21. The largest absolute Gasteiger partial charge is 0.466 e. The number of carbonyl (C=O) groups is 1. The van der Waals surface area contributed by atoms with Crippen LogP contribution >= 0.6 is 11.3 Å². The lowest BCUT2D eigenvalue weighted by Gasteiger charge is -2.17. The van der Waals surface area contributed by atoms with E-state index in [0.29, 0.717) is 33.6 Å². The highest BCUT2D eigenvalue weighted by Gasteiger charge is 2.25. The van der Waals surface area contributed by atoms with Gasteiger partial charge >= 0.3 is 0 Å². The smallest absolute Gasteiger partial charge is 0.259 e. The van der Waals surface area contributed by atoms with Crippen LogP contribution in [-0.4, -0.2) is 5.91 Å². The summed E-state index contributed by atoms with van der Waals surface area (Å²) in [5.41, 5.74) is 2.29. The molecule has 0 aromatic carbocycles. The van der Waals surface area contributed by atoms with Crippen molar-refractivity contribution in [2.24, 2.45) is 5.92 Å². The fraction of sp³-hybridized carbons (Fsp3) is 0.412. The van der Waals surface area contributed by atoms with Crippen LogP contribution in [0.1, 0.15) is 51.2 Å². The van der Waals surface area contributed by atoms with E-state index in [0.717, 1.165) is 24.8 Å². The van der Waals surface area contributed by atoms with Gasteiger partial charge in [0.25, 0.3) is 5.91 Å². The summed E-state index contributed by atoms with van der Waals surface area (Å²) in [5, 5.41) is 13.0. The van der Waals surface area contributed by atoms with Crippen LogP contribution in [0.25, 0.3) is 0 Å². The first-order valence-corrected chi connectivity index (χ1v) is 8.24. The number of nitriles is 1. The summed E-state index contributed by atoms with van der Waals surface area (Å²) in [7, 11) is 0. The second kappa shape index (κ2) is 5.62. The minimum atomic E-state index is -0.211. The molecule has 114 valence electrons. The molecule has 2 aromatic rings. The lowest BCUT2D eigenvalue weighted by atomic mass is 9.88. The molecular weight excluding hydrogens is 296 g/mol. The lowest BCUT2D eigenvalue weighted by molar-refractivity contribution is 0.102. The molecule has 0 radical (unpaired) electrons. The van der Waals surface area contributed by atoms with Crippen molar-refractivity contribution in [3.63, 3.8) is 0 Å². The highest BCUT2D eigenvalue weighted by atomic mass is 32.1. The van der Waals surface area contributed by atoms with E-state index in [1.165, 1.54) is 4.88 Å². The minimum Gasteiger partial charge on any atom is -0.466 e. The van der Waals surface area contributed by atoms with Crippen molar-refractivity contribution in [3.05, 3.63) is 39.2 Å². The normalized spacial score (nSPS) is 16.9. The first kappa shape index (κ1) is 14.9. The number of aryl methyl sites for hydroxylation is 2. The first-order valence-electron chi connectivity index (χ1n) is 7.42. The maximum atomic E-state index is 12.4.